The molecule has 2 nitrogen and oxygen atoms in total. The van der Waals surface area contributed by atoms with Crippen LogP contribution < -0.4 is 11.1 Å². The lowest BCUT2D eigenvalue weighted by Gasteiger charge is -2.30. The smallest absolute Gasteiger partial charge is 0.0168 e. The first-order chi connectivity index (χ1) is 8.92. The minimum atomic E-state index is 0.239. The Morgan fingerprint density at radius 3 is 2.37 bits per heavy atom. The van der Waals surface area contributed by atoms with Gasteiger partial charge in [-0.05, 0) is 29.7 Å². The van der Waals surface area contributed by atoms with Crippen molar-refractivity contribution < 1.29 is 0 Å². The third-order valence-electron chi connectivity index (χ3n) is 4.20. The average molecular weight is 262 g/mol. The molecule has 1 atom stereocenters. The van der Waals surface area contributed by atoms with Crippen LogP contribution in [-0.2, 0) is 6.42 Å². The summed E-state index contributed by atoms with van der Waals surface area (Å²) in [4.78, 5) is 0. The van der Waals surface area contributed by atoms with Crippen molar-refractivity contribution in [1.82, 2.24) is 5.32 Å². The normalized spacial score (nSPS) is 13.8. The number of rotatable bonds is 8. The van der Waals surface area contributed by atoms with Gasteiger partial charge in [-0.25, -0.2) is 0 Å². The van der Waals surface area contributed by atoms with Crippen molar-refractivity contribution in [3.8, 4) is 0 Å². The molecule has 0 aliphatic heterocycles. The highest BCUT2D eigenvalue weighted by atomic mass is 14.9. The Bertz CT molecular complexity index is 344. The van der Waals surface area contributed by atoms with Crippen molar-refractivity contribution in [3.05, 3.63) is 35.9 Å². The predicted octanol–water partition coefficient (Wildman–Crippen LogP) is 3.22. The molecular formula is C17H30N2. The van der Waals surface area contributed by atoms with Gasteiger partial charge in [-0.2, -0.15) is 0 Å². The van der Waals surface area contributed by atoms with Crippen LogP contribution in [0.15, 0.2) is 30.3 Å². The van der Waals surface area contributed by atoms with Gasteiger partial charge in [-0.3, -0.25) is 0 Å². The molecule has 1 unspecified atom stereocenters. The summed E-state index contributed by atoms with van der Waals surface area (Å²) in [6.07, 6.45) is 2.11. The van der Waals surface area contributed by atoms with E-state index in [2.05, 4.69) is 63.3 Å². The highest BCUT2D eigenvalue weighted by Gasteiger charge is 2.21. The Labute approximate surface area is 118 Å². The van der Waals surface area contributed by atoms with Crippen LogP contribution in [0.2, 0.25) is 0 Å². The van der Waals surface area contributed by atoms with Gasteiger partial charge in [-0.1, -0.05) is 58.0 Å². The van der Waals surface area contributed by atoms with Crippen LogP contribution in [0.5, 0.6) is 0 Å². The van der Waals surface area contributed by atoms with Crippen molar-refractivity contribution in [1.29, 1.82) is 0 Å². The number of aryl methyl sites for hydroxylation is 1. The molecule has 1 aromatic rings. The maximum absolute atomic E-state index is 6.16. The van der Waals surface area contributed by atoms with Crippen LogP contribution in [0.3, 0.4) is 0 Å². The third kappa shape index (κ3) is 6.22. The third-order valence-corrected chi connectivity index (χ3v) is 4.20. The molecule has 0 heterocycles. The molecular weight excluding hydrogens is 232 g/mol. The van der Waals surface area contributed by atoms with Gasteiger partial charge in [0.25, 0.3) is 0 Å². The van der Waals surface area contributed by atoms with Crippen LogP contribution in [-0.4, -0.2) is 19.1 Å². The summed E-state index contributed by atoms with van der Waals surface area (Å²) in [6, 6.07) is 10.8. The number of hydrogen-bond donors (Lipinski definition) is 2. The quantitative estimate of drug-likeness (QED) is 0.755. The van der Waals surface area contributed by atoms with Gasteiger partial charge in [0.1, 0.15) is 0 Å². The van der Waals surface area contributed by atoms with Crippen molar-refractivity contribution in [3.63, 3.8) is 0 Å². The molecule has 0 spiro atoms. The van der Waals surface area contributed by atoms with Gasteiger partial charge < -0.3 is 11.1 Å². The molecule has 2 heteroatoms. The van der Waals surface area contributed by atoms with E-state index in [-0.39, 0.29) is 6.04 Å². The Morgan fingerprint density at radius 1 is 1.16 bits per heavy atom. The van der Waals surface area contributed by atoms with Gasteiger partial charge in [0.2, 0.25) is 0 Å². The first-order valence-corrected chi connectivity index (χ1v) is 7.42. The molecule has 0 aromatic heterocycles. The molecule has 1 rings (SSSR count). The van der Waals surface area contributed by atoms with Crippen LogP contribution in [0, 0.1) is 11.3 Å². The molecule has 19 heavy (non-hydrogen) atoms. The standard InChI is InChI=1S/C17H30N2/c1-14(2)17(3,4)13-19-12-16(18)11-10-15-8-6-5-7-9-15/h5-9,14,16,19H,10-13,18H2,1-4H3. The highest BCUT2D eigenvalue weighted by molar-refractivity contribution is 5.14. The predicted molar refractivity (Wildman–Crippen MR) is 84.2 cm³/mol. The molecule has 108 valence electrons. The molecule has 0 aliphatic rings. The zero-order valence-corrected chi connectivity index (χ0v) is 12.9. The molecule has 0 fully saturated rings. The summed E-state index contributed by atoms with van der Waals surface area (Å²) < 4.78 is 0. The minimum absolute atomic E-state index is 0.239. The van der Waals surface area contributed by atoms with Crippen molar-refractivity contribution in [2.75, 3.05) is 13.1 Å². The van der Waals surface area contributed by atoms with Crippen LogP contribution in [0.25, 0.3) is 0 Å². The number of hydrogen-bond acceptors (Lipinski definition) is 2. The number of nitrogens with one attached hydrogen (secondary N) is 1. The van der Waals surface area contributed by atoms with E-state index in [0.717, 1.165) is 25.9 Å². The van der Waals surface area contributed by atoms with Crippen LogP contribution in [0.1, 0.15) is 39.7 Å². The van der Waals surface area contributed by atoms with E-state index in [4.69, 9.17) is 5.73 Å². The van der Waals surface area contributed by atoms with E-state index in [9.17, 15) is 0 Å². The Hall–Kier alpha value is -0.860. The second kappa shape index (κ2) is 7.66. The van der Waals surface area contributed by atoms with E-state index in [0.29, 0.717) is 11.3 Å². The van der Waals surface area contributed by atoms with E-state index in [1.165, 1.54) is 5.56 Å². The maximum atomic E-state index is 6.16. The summed E-state index contributed by atoms with van der Waals surface area (Å²) in [6.45, 7) is 11.1. The fourth-order valence-electron chi connectivity index (χ4n) is 1.88. The second-order valence-corrected chi connectivity index (χ2v) is 6.56. The summed E-state index contributed by atoms with van der Waals surface area (Å²) >= 11 is 0. The molecule has 0 amide bonds. The average Bonchev–Trinajstić information content (AvgIpc) is 2.37. The van der Waals surface area contributed by atoms with Crippen LogP contribution >= 0.6 is 0 Å². The van der Waals surface area contributed by atoms with E-state index in [1.807, 2.05) is 0 Å². The van der Waals surface area contributed by atoms with Gasteiger partial charge in [0, 0.05) is 19.1 Å². The first kappa shape index (κ1) is 16.2. The van der Waals surface area contributed by atoms with Gasteiger partial charge in [0.15, 0.2) is 0 Å². The minimum Gasteiger partial charge on any atom is -0.327 e. The molecule has 0 saturated heterocycles. The topological polar surface area (TPSA) is 38.0 Å². The second-order valence-electron chi connectivity index (χ2n) is 6.56. The van der Waals surface area contributed by atoms with Crippen molar-refractivity contribution in [2.45, 2.75) is 46.6 Å². The molecule has 3 N–H and O–H groups in total. The Kier molecular flexibility index (Phi) is 6.53. The number of benzene rings is 1. The maximum Gasteiger partial charge on any atom is 0.0168 e. The lowest BCUT2D eigenvalue weighted by atomic mass is 9.81. The SMILES string of the molecule is CC(C)C(C)(C)CNCC(N)CCc1ccccc1. The van der Waals surface area contributed by atoms with Gasteiger partial charge >= 0.3 is 0 Å². The van der Waals surface area contributed by atoms with Crippen molar-refractivity contribution in [2.24, 2.45) is 17.1 Å². The molecule has 1 aromatic carbocycles. The van der Waals surface area contributed by atoms with E-state index >= 15 is 0 Å². The fraction of sp³-hybridized carbons (Fsp3) is 0.647. The zero-order valence-electron chi connectivity index (χ0n) is 12.9. The zero-order chi connectivity index (χ0) is 14.3. The summed E-state index contributed by atoms with van der Waals surface area (Å²) in [5, 5.41) is 3.52. The molecule has 0 aliphatic carbocycles. The monoisotopic (exact) mass is 262 g/mol. The molecule has 0 bridgehead atoms. The molecule has 0 saturated carbocycles. The lowest BCUT2D eigenvalue weighted by molar-refractivity contribution is 0.236. The van der Waals surface area contributed by atoms with Gasteiger partial charge in [0.05, 0.1) is 0 Å². The van der Waals surface area contributed by atoms with Gasteiger partial charge in [-0.15, -0.1) is 0 Å². The number of nitrogens with two attached hydrogens (primary N) is 1. The summed E-state index contributed by atoms with van der Waals surface area (Å²) in [5.74, 6) is 0.681. The van der Waals surface area contributed by atoms with E-state index < -0.39 is 0 Å². The first-order valence-electron chi connectivity index (χ1n) is 7.42. The largest absolute Gasteiger partial charge is 0.327 e. The molecule has 0 radical (unpaired) electrons. The summed E-state index contributed by atoms with van der Waals surface area (Å²) in [5.41, 5.74) is 7.87. The fourth-order valence-corrected chi connectivity index (χ4v) is 1.88. The van der Waals surface area contributed by atoms with Crippen LogP contribution in [0.4, 0.5) is 0 Å². The van der Waals surface area contributed by atoms with Crippen molar-refractivity contribution >= 4 is 0 Å². The highest BCUT2D eigenvalue weighted by Crippen LogP contribution is 2.24. The Morgan fingerprint density at radius 2 is 1.79 bits per heavy atom. The Balaban J connectivity index is 2.20. The summed E-state index contributed by atoms with van der Waals surface area (Å²) in [7, 11) is 0. The lowest BCUT2D eigenvalue weighted by Crippen LogP contribution is -2.40. The van der Waals surface area contributed by atoms with E-state index in [1.54, 1.807) is 0 Å².